The minimum atomic E-state index is -0.596. The molecule has 41 heavy (non-hydrogen) atoms. The predicted molar refractivity (Wildman–Crippen MR) is 161 cm³/mol. The van der Waals surface area contributed by atoms with Crippen molar-refractivity contribution in [3.8, 4) is 39.3 Å². The maximum Gasteiger partial charge on any atom is 0.407 e. The number of amides is 1. The van der Waals surface area contributed by atoms with Crippen LogP contribution in [0.1, 0.15) is 20.8 Å². The van der Waals surface area contributed by atoms with E-state index >= 15 is 0 Å². The van der Waals surface area contributed by atoms with Crippen LogP contribution in [0, 0.1) is 0 Å². The molecule has 0 bridgehead atoms. The lowest BCUT2D eigenvalue weighted by molar-refractivity contribution is 0.0530. The van der Waals surface area contributed by atoms with Crippen LogP contribution in [0.25, 0.3) is 39.2 Å². The number of hydrogen-bond acceptors (Lipinski definition) is 6. The molecule has 9 heteroatoms. The maximum atomic E-state index is 14.1. The van der Waals surface area contributed by atoms with E-state index in [1.54, 1.807) is 19.2 Å². The average molecular weight is 552 g/mol. The second-order valence-electron chi connectivity index (χ2n) is 10.5. The van der Waals surface area contributed by atoms with Gasteiger partial charge in [-0.3, -0.25) is 4.79 Å². The van der Waals surface area contributed by atoms with Crippen LogP contribution in [-0.4, -0.2) is 46.5 Å². The van der Waals surface area contributed by atoms with Crippen LogP contribution in [-0.2, 0) is 4.74 Å². The molecule has 3 N–H and O–H groups in total. The summed E-state index contributed by atoms with van der Waals surface area (Å²) >= 11 is 0. The number of anilines is 1. The van der Waals surface area contributed by atoms with Gasteiger partial charge >= 0.3 is 6.09 Å². The van der Waals surface area contributed by atoms with E-state index in [0.717, 1.165) is 16.7 Å². The molecule has 2 aromatic heterocycles. The highest BCUT2D eigenvalue weighted by molar-refractivity contribution is 5.92. The van der Waals surface area contributed by atoms with Crippen LogP contribution < -0.4 is 20.9 Å². The Balaban J connectivity index is 1.63. The number of carbonyl (C=O) groups is 1. The standard InChI is InChI=1S/C32H33N5O4/c1-32(2,3)41-31(39)34-20-19-33-28-26(22-15-17-24(40-4)18-16-22)30(38)37-29(35-28)25(21-11-7-5-8-12-21)27(36-37)23-13-9-6-10-14-23/h5-18,33,35H,19-20H2,1-4H3,(H,34,39). The fourth-order valence-electron chi connectivity index (χ4n) is 4.57. The molecule has 0 aliphatic heterocycles. The first kappa shape index (κ1) is 27.5. The molecule has 0 unspecified atom stereocenters. The van der Waals surface area contributed by atoms with Crippen molar-refractivity contribution < 1.29 is 14.3 Å². The first-order valence-corrected chi connectivity index (χ1v) is 13.4. The van der Waals surface area contributed by atoms with Crippen molar-refractivity contribution in [1.82, 2.24) is 19.9 Å². The van der Waals surface area contributed by atoms with Gasteiger partial charge in [-0.2, -0.15) is 9.61 Å². The van der Waals surface area contributed by atoms with E-state index in [0.29, 0.717) is 40.6 Å². The van der Waals surface area contributed by atoms with Crippen molar-refractivity contribution in [2.75, 3.05) is 25.5 Å². The third kappa shape index (κ3) is 6.09. The zero-order chi connectivity index (χ0) is 29.0. The summed E-state index contributed by atoms with van der Waals surface area (Å²) in [5, 5.41) is 10.9. The van der Waals surface area contributed by atoms with E-state index in [2.05, 4.69) is 15.6 Å². The van der Waals surface area contributed by atoms with Crippen LogP contribution in [0.3, 0.4) is 0 Å². The molecule has 5 rings (SSSR count). The van der Waals surface area contributed by atoms with Gasteiger partial charge in [-0.25, -0.2) is 4.79 Å². The number of methoxy groups -OCH3 is 1. The van der Waals surface area contributed by atoms with Crippen molar-refractivity contribution in [2.24, 2.45) is 0 Å². The van der Waals surface area contributed by atoms with Crippen molar-refractivity contribution in [3.63, 3.8) is 0 Å². The summed E-state index contributed by atoms with van der Waals surface area (Å²) in [4.78, 5) is 29.8. The Morgan fingerprint density at radius 1 is 0.854 bits per heavy atom. The first-order chi connectivity index (χ1) is 19.7. The SMILES string of the molecule is COc1ccc(-c2c(NCCNC(=O)OC(C)(C)C)[nH]c3c(-c4ccccc4)c(-c4ccccc4)nn3c2=O)cc1. The summed E-state index contributed by atoms with van der Waals surface area (Å²) in [7, 11) is 1.60. The second kappa shape index (κ2) is 11.6. The summed E-state index contributed by atoms with van der Waals surface area (Å²) in [6.07, 6.45) is -0.506. The Morgan fingerprint density at radius 3 is 2.07 bits per heavy atom. The third-order valence-corrected chi connectivity index (χ3v) is 6.37. The molecule has 0 atom stereocenters. The first-order valence-electron chi connectivity index (χ1n) is 13.4. The minimum absolute atomic E-state index is 0.282. The number of rotatable bonds is 8. The fraction of sp³-hybridized carbons (Fsp3) is 0.219. The van der Waals surface area contributed by atoms with Gasteiger partial charge in [0.1, 0.15) is 28.5 Å². The Bertz CT molecular complexity index is 1700. The largest absolute Gasteiger partial charge is 0.497 e. The molecule has 0 saturated carbocycles. The van der Waals surface area contributed by atoms with Crippen LogP contribution >= 0.6 is 0 Å². The van der Waals surface area contributed by atoms with Gasteiger partial charge in [0.05, 0.1) is 18.2 Å². The highest BCUT2D eigenvalue weighted by atomic mass is 16.6. The van der Waals surface area contributed by atoms with E-state index in [9.17, 15) is 9.59 Å². The van der Waals surface area contributed by atoms with E-state index in [1.165, 1.54) is 4.52 Å². The maximum absolute atomic E-state index is 14.1. The van der Waals surface area contributed by atoms with Crippen molar-refractivity contribution in [3.05, 3.63) is 95.3 Å². The average Bonchev–Trinajstić information content (AvgIpc) is 3.35. The van der Waals surface area contributed by atoms with Gasteiger partial charge in [0.2, 0.25) is 0 Å². The summed E-state index contributed by atoms with van der Waals surface area (Å²) in [6, 6.07) is 26.9. The molecular weight excluding hydrogens is 518 g/mol. The van der Waals surface area contributed by atoms with Crippen molar-refractivity contribution in [1.29, 1.82) is 0 Å². The number of fused-ring (bicyclic) bond motifs is 1. The smallest absolute Gasteiger partial charge is 0.407 e. The highest BCUT2D eigenvalue weighted by Gasteiger charge is 2.23. The monoisotopic (exact) mass is 551 g/mol. The number of carbonyl (C=O) groups excluding carboxylic acids is 1. The molecule has 0 aliphatic rings. The molecule has 210 valence electrons. The van der Waals surface area contributed by atoms with Crippen LogP contribution in [0.15, 0.2) is 89.7 Å². The Hall–Kier alpha value is -5.05. The fourth-order valence-corrected chi connectivity index (χ4v) is 4.57. The lowest BCUT2D eigenvalue weighted by atomic mass is 10.0. The molecular formula is C32H33N5O4. The number of aromatic nitrogens is 3. The van der Waals surface area contributed by atoms with Gasteiger partial charge < -0.3 is 25.1 Å². The number of ether oxygens (including phenoxy) is 2. The summed E-state index contributed by atoms with van der Waals surface area (Å²) in [5.74, 6) is 1.19. The van der Waals surface area contributed by atoms with Crippen LogP contribution in [0.4, 0.5) is 10.6 Å². The Labute approximate surface area is 238 Å². The molecule has 0 radical (unpaired) electrons. The Kier molecular flexibility index (Phi) is 7.78. The van der Waals surface area contributed by atoms with E-state index in [-0.39, 0.29) is 12.1 Å². The molecule has 0 spiro atoms. The number of nitrogens with zero attached hydrogens (tertiary/aromatic N) is 2. The number of nitrogens with one attached hydrogen (secondary N) is 3. The zero-order valence-corrected chi connectivity index (χ0v) is 23.5. The summed E-state index contributed by atoms with van der Waals surface area (Å²) in [6.45, 7) is 6.06. The van der Waals surface area contributed by atoms with Gasteiger partial charge in [0.25, 0.3) is 5.56 Å². The third-order valence-electron chi connectivity index (χ3n) is 6.37. The Morgan fingerprint density at radius 2 is 1.46 bits per heavy atom. The number of aromatic amines is 1. The molecule has 9 nitrogen and oxygen atoms in total. The summed E-state index contributed by atoms with van der Waals surface area (Å²) in [5.41, 5.74) is 4.10. The second-order valence-corrected chi connectivity index (χ2v) is 10.5. The van der Waals surface area contributed by atoms with E-state index in [4.69, 9.17) is 14.6 Å². The van der Waals surface area contributed by atoms with Crippen LogP contribution in [0.5, 0.6) is 5.75 Å². The molecule has 2 heterocycles. The topological polar surface area (TPSA) is 110 Å². The predicted octanol–water partition coefficient (Wildman–Crippen LogP) is 5.97. The van der Waals surface area contributed by atoms with E-state index < -0.39 is 11.7 Å². The molecule has 0 aliphatic carbocycles. The van der Waals surface area contributed by atoms with Crippen molar-refractivity contribution in [2.45, 2.75) is 26.4 Å². The molecule has 1 amide bonds. The quantitative estimate of drug-likeness (QED) is 0.205. The molecule has 5 aromatic rings. The van der Waals surface area contributed by atoms with Gasteiger partial charge in [0.15, 0.2) is 0 Å². The summed E-state index contributed by atoms with van der Waals surface area (Å²) < 4.78 is 12.1. The molecule has 0 saturated heterocycles. The normalized spacial score (nSPS) is 11.3. The van der Waals surface area contributed by atoms with Gasteiger partial charge in [-0.05, 0) is 44.0 Å². The highest BCUT2D eigenvalue weighted by Crippen LogP contribution is 2.35. The molecule has 0 fully saturated rings. The van der Waals surface area contributed by atoms with Crippen LogP contribution in [0.2, 0.25) is 0 Å². The van der Waals surface area contributed by atoms with Crippen molar-refractivity contribution >= 4 is 17.6 Å². The number of alkyl carbamates (subject to hydrolysis) is 1. The minimum Gasteiger partial charge on any atom is -0.497 e. The van der Waals surface area contributed by atoms with Gasteiger partial charge in [-0.1, -0.05) is 72.8 Å². The van der Waals surface area contributed by atoms with Gasteiger partial charge in [0, 0.05) is 18.7 Å². The lowest BCUT2D eigenvalue weighted by Crippen LogP contribution is -2.35. The number of benzene rings is 3. The number of H-pyrrole nitrogens is 1. The van der Waals surface area contributed by atoms with Gasteiger partial charge in [-0.15, -0.1) is 0 Å². The lowest BCUT2D eigenvalue weighted by Gasteiger charge is -2.20. The molecule has 3 aromatic carbocycles. The van der Waals surface area contributed by atoms with E-state index in [1.807, 2.05) is 93.6 Å². The number of hydrogen-bond donors (Lipinski definition) is 3. The zero-order valence-electron chi connectivity index (χ0n) is 23.5.